The van der Waals surface area contributed by atoms with E-state index in [4.69, 9.17) is 5.41 Å². The predicted molar refractivity (Wildman–Crippen MR) is 88.4 cm³/mol. The molecule has 1 aliphatic heterocycles. The molecule has 1 saturated heterocycles. The molecule has 1 heterocycles. The zero-order chi connectivity index (χ0) is 15.7. The van der Waals surface area contributed by atoms with Gasteiger partial charge in [-0.2, -0.15) is 0 Å². The number of carbonyl (C=O) groups excluding carboxylic acids is 1. The molecular formula is C17H13FN2OS. The molecule has 3 nitrogen and oxygen atoms in total. The van der Waals surface area contributed by atoms with E-state index in [9.17, 15) is 9.18 Å². The van der Waals surface area contributed by atoms with Crippen molar-refractivity contribution in [1.29, 1.82) is 5.41 Å². The molecule has 0 saturated carbocycles. The SMILES string of the molecule is Cc1cccc(N2C(=N)S/C(=C\c3ccc(F)cc3)C2=O)c1. The van der Waals surface area contributed by atoms with Gasteiger partial charge in [0, 0.05) is 0 Å². The maximum absolute atomic E-state index is 12.9. The second-order valence-corrected chi connectivity index (χ2v) is 5.98. The molecule has 3 rings (SSSR count). The molecule has 1 aliphatic rings. The van der Waals surface area contributed by atoms with Crippen molar-refractivity contribution in [3.8, 4) is 0 Å². The molecule has 22 heavy (non-hydrogen) atoms. The van der Waals surface area contributed by atoms with Crippen molar-refractivity contribution in [3.05, 3.63) is 70.4 Å². The van der Waals surface area contributed by atoms with E-state index in [1.54, 1.807) is 24.3 Å². The van der Waals surface area contributed by atoms with Gasteiger partial charge in [0.05, 0.1) is 10.6 Å². The minimum Gasteiger partial charge on any atom is -0.278 e. The molecule has 2 aromatic carbocycles. The number of halogens is 1. The number of amides is 1. The van der Waals surface area contributed by atoms with Gasteiger partial charge >= 0.3 is 0 Å². The highest BCUT2D eigenvalue weighted by Gasteiger charge is 2.33. The molecule has 0 radical (unpaired) electrons. The van der Waals surface area contributed by atoms with Gasteiger partial charge < -0.3 is 0 Å². The van der Waals surface area contributed by atoms with Gasteiger partial charge in [-0.1, -0.05) is 24.3 Å². The second-order valence-electron chi connectivity index (χ2n) is 4.95. The lowest BCUT2D eigenvalue weighted by atomic mass is 10.2. The monoisotopic (exact) mass is 312 g/mol. The van der Waals surface area contributed by atoms with Crippen LogP contribution in [0.1, 0.15) is 11.1 Å². The zero-order valence-electron chi connectivity index (χ0n) is 11.8. The first-order valence-corrected chi connectivity index (χ1v) is 7.51. The van der Waals surface area contributed by atoms with Crippen LogP contribution >= 0.6 is 11.8 Å². The Hall–Kier alpha value is -2.40. The number of anilines is 1. The predicted octanol–water partition coefficient (Wildman–Crippen LogP) is 4.19. The first-order valence-electron chi connectivity index (χ1n) is 6.69. The molecule has 0 bridgehead atoms. The Morgan fingerprint density at radius 3 is 2.59 bits per heavy atom. The standard InChI is InChI=1S/C17H13FN2OS/c1-11-3-2-4-14(9-11)20-16(21)15(22-17(20)19)10-12-5-7-13(18)8-6-12/h2-10,19H,1H3/b15-10-,19-17?. The summed E-state index contributed by atoms with van der Waals surface area (Å²) in [4.78, 5) is 14.4. The Labute approximate surface area is 132 Å². The first-order chi connectivity index (χ1) is 10.5. The lowest BCUT2D eigenvalue weighted by molar-refractivity contribution is -0.113. The van der Waals surface area contributed by atoms with Crippen molar-refractivity contribution >= 4 is 34.6 Å². The van der Waals surface area contributed by atoms with Crippen LogP contribution in [0.25, 0.3) is 6.08 Å². The summed E-state index contributed by atoms with van der Waals surface area (Å²) in [6.07, 6.45) is 1.68. The number of nitrogens with one attached hydrogen (secondary N) is 1. The van der Waals surface area contributed by atoms with Gasteiger partial charge in [-0.25, -0.2) is 4.39 Å². The molecular weight excluding hydrogens is 299 g/mol. The molecule has 0 atom stereocenters. The lowest BCUT2D eigenvalue weighted by Crippen LogP contribution is -2.28. The molecule has 1 fully saturated rings. The van der Waals surface area contributed by atoms with E-state index in [0.717, 1.165) is 22.9 Å². The number of hydrogen-bond donors (Lipinski definition) is 1. The number of benzene rings is 2. The Morgan fingerprint density at radius 1 is 1.18 bits per heavy atom. The number of aryl methyl sites for hydroxylation is 1. The van der Waals surface area contributed by atoms with Crippen molar-refractivity contribution < 1.29 is 9.18 Å². The average molecular weight is 312 g/mol. The van der Waals surface area contributed by atoms with E-state index < -0.39 is 0 Å². The molecule has 1 N–H and O–H groups in total. The number of hydrogen-bond acceptors (Lipinski definition) is 3. The second kappa shape index (κ2) is 5.77. The number of nitrogens with zero attached hydrogens (tertiary/aromatic N) is 1. The Morgan fingerprint density at radius 2 is 1.91 bits per heavy atom. The van der Waals surface area contributed by atoms with Crippen LogP contribution in [-0.2, 0) is 4.79 Å². The van der Waals surface area contributed by atoms with E-state index in [0.29, 0.717) is 10.6 Å². The Kier molecular flexibility index (Phi) is 3.81. The highest BCUT2D eigenvalue weighted by molar-refractivity contribution is 8.19. The molecule has 110 valence electrons. The summed E-state index contributed by atoms with van der Waals surface area (Å²) in [6, 6.07) is 13.4. The average Bonchev–Trinajstić information content (AvgIpc) is 2.76. The van der Waals surface area contributed by atoms with Crippen molar-refractivity contribution in [1.82, 2.24) is 0 Å². The van der Waals surface area contributed by atoms with E-state index >= 15 is 0 Å². The molecule has 2 aromatic rings. The summed E-state index contributed by atoms with van der Waals surface area (Å²) in [5.74, 6) is -0.549. The van der Waals surface area contributed by atoms with Crippen LogP contribution in [0.3, 0.4) is 0 Å². The maximum atomic E-state index is 12.9. The van der Waals surface area contributed by atoms with Crippen LogP contribution in [0.15, 0.2) is 53.4 Å². The third-order valence-electron chi connectivity index (χ3n) is 3.25. The summed E-state index contributed by atoms with van der Waals surface area (Å²) in [7, 11) is 0. The number of thioether (sulfide) groups is 1. The minimum atomic E-state index is -0.318. The Bertz CT molecular complexity index is 784. The molecule has 0 aromatic heterocycles. The summed E-state index contributed by atoms with van der Waals surface area (Å²) in [5, 5.41) is 8.21. The van der Waals surface area contributed by atoms with E-state index in [2.05, 4.69) is 0 Å². The van der Waals surface area contributed by atoms with Crippen LogP contribution < -0.4 is 4.90 Å². The van der Waals surface area contributed by atoms with Crippen molar-refractivity contribution in [2.24, 2.45) is 0 Å². The normalized spacial score (nSPS) is 16.6. The fourth-order valence-electron chi connectivity index (χ4n) is 2.20. The van der Waals surface area contributed by atoms with Crippen LogP contribution in [0.5, 0.6) is 0 Å². The van der Waals surface area contributed by atoms with E-state index in [-0.39, 0.29) is 16.9 Å². The van der Waals surface area contributed by atoms with Crippen LogP contribution in [0.4, 0.5) is 10.1 Å². The first kappa shape index (κ1) is 14.5. The summed E-state index contributed by atoms with van der Waals surface area (Å²) in [5.41, 5.74) is 2.44. The van der Waals surface area contributed by atoms with Crippen LogP contribution in [0.2, 0.25) is 0 Å². The summed E-state index contributed by atoms with van der Waals surface area (Å²) >= 11 is 1.11. The smallest absolute Gasteiger partial charge is 0.271 e. The lowest BCUT2D eigenvalue weighted by Gasteiger charge is -2.14. The van der Waals surface area contributed by atoms with Crippen molar-refractivity contribution in [3.63, 3.8) is 0 Å². The zero-order valence-corrected chi connectivity index (χ0v) is 12.7. The fraction of sp³-hybridized carbons (Fsp3) is 0.0588. The molecule has 5 heteroatoms. The van der Waals surface area contributed by atoms with Crippen LogP contribution in [0, 0.1) is 18.2 Å². The largest absolute Gasteiger partial charge is 0.278 e. The number of rotatable bonds is 2. The molecule has 0 aliphatic carbocycles. The fourth-order valence-corrected chi connectivity index (χ4v) is 3.06. The molecule has 0 spiro atoms. The third kappa shape index (κ3) is 2.80. The maximum Gasteiger partial charge on any atom is 0.271 e. The topological polar surface area (TPSA) is 44.2 Å². The molecule has 1 amide bonds. The molecule has 0 unspecified atom stereocenters. The van der Waals surface area contributed by atoms with Gasteiger partial charge in [-0.05, 0) is 60.2 Å². The number of carbonyl (C=O) groups is 1. The highest BCUT2D eigenvalue weighted by atomic mass is 32.2. The van der Waals surface area contributed by atoms with Gasteiger partial charge in [0.25, 0.3) is 5.91 Å². The van der Waals surface area contributed by atoms with Gasteiger partial charge in [0.2, 0.25) is 0 Å². The van der Waals surface area contributed by atoms with E-state index in [1.807, 2.05) is 25.1 Å². The van der Waals surface area contributed by atoms with Crippen molar-refractivity contribution in [2.45, 2.75) is 6.92 Å². The highest BCUT2D eigenvalue weighted by Crippen LogP contribution is 2.35. The van der Waals surface area contributed by atoms with Gasteiger partial charge in [-0.3, -0.25) is 15.1 Å². The quantitative estimate of drug-likeness (QED) is 0.845. The summed E-state index contributed by atoms with van der Waals surface area (Å²) in [6.45, 7) is 1.94. The summed E-state index contributed by atoms with van der Waals surface area (Å²) < 4.78 is 12.9. The number of amidine groups is 1. The Balaban J connectivity index is 1.93. The third-order valence-corrected chi connectivity index (χ3v) is 4.14. The van der Waals surface area contributed by atoms with Crippen LogP contribution in [-0.4, -0.2) is 11.1 Å². The van der Waals surface area contributed by atoms with Gasteiger partial charge in [-0.15, -0.1) is 0 Å². The van der Waals surface area contributed by atoms with E-state index in [1.165, 1.54) is 17.0 Å². The minimum absolute atomic E-state index is 0.170. The van der Waals surface area contributed by atoms with Gasteiger partial charge in [0.15, 0.2) is 5.17 Å². The van der Waals surface area contributed by atoms with Gasteiger partial charge in [0.1, 0.15) is 5.82 Å². The van der Waals surface area contributed by atoms with Crippen molar-refractivity contribution in [2.75, 3.05) is 4.90 Å².